The van der Waals surface area contributed by atoms with E-state index in [9.17, 15) is 35.1 Å². The lowest BCUT2D eigenvalue weighted by Gasteiger charge is -2.39. The Morgan fingerprint density at radius 2 is 1.11 bits per heavy atom. The van der Waals surface area contributed by atoms with Crippen molar-refractivity contribution in [2.75, 3.05) is 26.2 Å². The summed E-state index contributed by atoms with van der Waals surface area (Å²) in [6.07, 6.45) is -9.98. The van der Waals surface area contributed by atoms with Gasteiger partial charge in [-0.1, -0.05) is 6.58 Å². The summed E-state index contributed by atoms with van der Waals surface area (Å²) in [6, 6.07) is -4.41. The van der Waals surface area contributed by atoms with Gasteiger partial charge in [-0.3, -0.25) is 0 Å². The van der Waals surface area contributed by atoms with Crippen LogP contribution in [0.2, 0.25) is 0 Å². The standard InChI is InChI=1S/C9H10F8N2/c1-6(7(10,11)12)8(13,14)18-2-4-19(5-3-18)9(15,16)17/h1-5H2. The second-order valence-electron chi connectivity index (χ2n) is 3.96. The van der Waals surface area contributed by atoms with E-state index in [-0.39, 0.29) is 9.80 Å². The Labute approximate surface area is 103 Å². The number of alkyl halides is 8. The molecular formula is C9H10F8N2. The van der Waals surface area contributed by atoms with Crippen molar-refractivity contribution < 1.29 is 35.1 Å². The molecule has 0 aromatic heterocycles. The number of hydrogen-bond donors (Lipinski definition) is 0. The van der Waals surface area contributed by atoms with E-state index >= 15 is 0 Å². The van der Waals surface area contributed by atoms with Crippen molar-refractivity contribution in [3.8, 4) is 0 Å². The lowest BCUT2D eigenvalue weighted by Crippen LogP contribution is -2.58. The Hall–Kier alpha value is -0.900. The summed E-state index contributed by atoms with van der Waals surface area (Å²) >= 11 is 0. The van der Waals surface area contributed by atoms with Crippen LogP contribution < -0.4 is 0 Å². The normalized spacial score (nSPS) is 20.6. The molecule has 112 valence electrons. The highest BCUT2D eigenvalue weighted by Gasteiger charge is 2.53. The Bertz CT molecular complexity index is 337. The van der Waals surface area contributed by atoms with Crippen molar-refractivity contribution in [3.05, 3.63) is 12.2 Å². The fourth-order valence-corrected chi connectivity index (χ4v) is 1.60. The molecule has 0 spiro atoms. The van der Waals surface area contributed by atoms with Crippen molar-refractivity contribution in [1.82, 2.24) is 9.80 Å². The van der Waals surface area contributed by atoms with Gasteiger partial charge >= 0.3 is 18.5 Å². The van der Waals surface area contributed by atoms with Crippen molar-refractivity contribution in [3.63, 3.8) is 0 Å². The largest absolute Gasteiger partial charge is 0.460 e. The van der Waals surface area contributed by atoms with Crippen LogP contribution in [0.3, 0.4) is 0 Å². The van der Waals surface area contributed by atoms with Gasteiger partial charge in [-0.2, -0.15) is 35.1 Å². The van der Waals surface area contributed by atoms with Crippen LogP contribution >= 0.6 is 0 Å². The van der Waals surface area contributed by atoms with Gasteiger partial charge in [0.25, 0.3) is 0 Å². The molecule has 1 aliphatic rings. The lowest BCUT2D eigenvalue weighted by atomic mass is 10.2. The Balaban J connectivity index is 2.72. The highest BCUT2D eigenvalue weighted by atomic mass is 19.4. The van der Waals surface area contributed by atoms with Crippen molar-refractivity contribution in [2.24, 2.45) is 0 Å². The first-order chi connectivity index (χ1) is 8.37. The van der Waals surface area contributed by atoms with Crippen LogP contribution in [-0.2, 0) is 0 Å². The molecule has 0 radical (unpaired) electrons. The zero-order valence-corrected chi connectivity index (χ0v) is 9.45. The molecule has 2 nitrogen and oxygen atoms in total. The van der Waals surface area contributed by atoms with Gasteiger partial charge in [0.15, 0.2) is 0 Å². The lowest BCUT2D eigenvalue weighted by molar-refractivity contribution is -0.264. The summed E-state index contributed by atoms with van der Waals surface area (Å²) in [4.78, 5) is 0.0149. The summed E-state index contributed by atoms with van der Waals surface area (Å²) in [7, 11) is 0. The van der Waals surface area contributed by atoms with E-state index in [1.165, 1.54) is 0 Å². The molecule has 19 heavy (non-hydrogen) atoms. The maximum atomic E-state index is 13.4. The molecule has 1 fully saturated rings. The molecule has 10 heteroatoms. The highest BCUT2D eigenvalue weighted by Crippen LogP contribution is 2.39. The van der Waals surface area contributed by atoms with E-state index in [1.54, 1.807) is 0 Å². The van der Waals surface area contributed by atoms with Crippen molar-refractivity contribution >= 4 is 0 Å². The minimum Gasteiger partial charge on any atom is -0.238 e. The Kier molecular flexibility index (Phi) is 4.16. The molecule has 0 aliphatic carbocycles. The monoisotopic (exact) mass is 298 g/mol. The smallest absolute Gasteiger partial charge is 0.238 e. The average Bonchev–Trinajstić information content (AvgIpc) is 2.25. The zero-order valence-electron chi connectivity index (χ0n) is 9.45. The maximum Gasteiger partial charge on any atom is 0.460 e. The second-order valence-corrected chi connectivity index (χ2v) is 3.96. The second kappa shape index (κ2) is 4.89. The van der Waals surface area contributed by atoms with Gasteiger partial charge in [0, 0.05) is 26.2 Å². The predicted molar refractivity (Wildman–Crippen MR) is 49.3 cm³/mol. The SMILES string of the molecule is C=C(C(F)(F)F)C(F)(F)N1CCN(C(F)(F)F)CC1. The summed E-state index contributed by atoms with van der Waals surface area (Å²) in [5.41, 5.74) is -2.28. The van der Waals surface area contributed by atoms with Crippen LogP contribution in [0.1, 0.15) is 0 Å². The van der Waals surface area contributed by atoms with Gasteiger partial charge < -0.3 is 0 Å². The van der Waals surface area contributed by atoms with Crippen molar-refractivity contribution in [2.45, 2.75) is 18.5 Å². The third-order valence-corrected chi connectivity index (χ3v) is 2.74. The third-order valence-electron chi connectivity index (χ3n) is 2.74. The van der Waals surface area contributed by atoms with Crippen LogP contribution in [-0.4, -0.2) is 54.5 Å². The van der Waals surface area contributed by atoms with Gasteiger partial charge in [0.05, 0.1) is 0 Å². The average molecular weight is 298 g/mol. The summed E-state index contributed by atoms with van der Waals surface area (Å²) < 4.78 is 100. The Morgan fingerprint density at radius 3 is 1.42 bits per heavy atom. The Morgan fingerprint density at radius 1 is 0.737 bits per heavy atom. The first-order valence-electron chi connectivity index (χ1n) is 5.08. The molecule has 0 saturated carbocycles. The minimum atomic E-state index is -5.30. The van der Waals surface area contributed by atoms with E-state index in [0.717, 1.165) is 0 Å². The number of halogens is 8. The van der Waals surface area contributed by atoms with Gasteiger partial charge in [0.1, 0.15) is 5.57 Å². The van der Waals surface area contributed by atoms with Gasteiger partial charge in [0.2, 0.25) is 0 Å². The van der Waals surface area contributed by atoms with E-state index in [1.807, 2.05) is 0 Å². The summed E-state index contributed by atoms with van der Waals surface area (Å²) in [5, 5.41) is 0. The molecule has 1 heterocycles. The molecular weight excluding hydrogens is 288 g/mol. The van der Waals surface area contributed by atoms with Gasteiger partial charge in [-0.05, 0) is 0 Å². The fourth-order valence-electron chi connectivity index (χ4n) is 1.60. The molecule has 1 saturated heterocycles. The van der Waals surface area contributed by atoms with Crippen LogP contribution in [0.4, 0.5) is 35.1 Å². The molecule has 0 atom stereocenters. The summed E-state index contributed by atoms with van der Waals surface area (Å²) in [6.45, 7) is -1.01. The van der Waals surface area contributed by atoms with Crippen LogP contribution in [0, 0.1) is 0 Å². The first kappa shape index (κ1) is 16.2. The zero-order chi connectivity index (χ0) is 15.1. The summed E-state index contributed by atoms with van der Waals surface area (Å²) in [5.74, 6) is 0. The maximum absolute atomic E-state index is 13.4. The van der Waals surface area contributed by atoms with E-state index in [4.69, 9.17) is 0 Å². The number of nitrogens with zero attached hydrogens (tertiary/aromatic N) is 2. The van der Waals surface area contributed by atoms with Gasteiger partial charge in [-0.25, -0.2) is 9.80 Å². The van der Waals surface area contributed by atoms with Crippen molar-refractivity contribution in [1.29, 1.82) is 0 Å². The highest BCUT2D eigenvalue weighted by molar-refractivity contribution is 5.13. The minimum absolute atomic E-state index is 0.0318. The van der Waals surface area contributed by atoms with E-state index in [0.29, 0.717) is 0 Å². The fraction of sp³-hybridized carbons (Fsp3) is 0.778. The third kappa shape index (κ3) is 3.56. The molecule has 0 bridgehead atoms. The number of rotatable bonds is 2. The topological polar surface area (TPSA) is 6.48 Å². The number of piperazine rings is 1. The first-order valence-corrected chi connectivity index (χ1v) is 5.08. The molecule has 1 aliphatic heterocycles. The van der Waals surface area contributed by atoms with Crippen LogP contribution in [0.15, 0.2) is 12.2 Å². The van der Waals surface area contributed by atoms with E-state index in [2.05, 4.69) is 6.58 Å². The molecule has 0 N–H and O–H groups in total. The van der Waals surface area contributed by atoms with Crippen LogP contribution in [0.25, 0.3) is 0 Å². The predicted octanol–water partition coefficient (Wildman–Crippen LogP) is 2.84. The van der Waals surface area contributed by atoms with E-state index < -0.39 is 50.3 Å². The molecule has 1 rings (SSSR count). The molecule has 0 unspecified atom stereocenters. The quantitative estimate of drug-likeness (QED) is 0.439. The number of hydrogen-bond acceptors (Lipinski definition) is 2. The molecule has 0 aromatic carbocycles. The molecule has 0 amide bonds. The van der Waals surface area contributed by atoms with Crippen LogP contribution in [0.5, 0.6) is 0 Å². The van der Waals surface area contributed by atoms with Gasteiger partial charge in [-0.15, -0.1) is 0 Å². The molecule has 0 aromatic rings.